The third kappa shape index (κ3) is 5.11. The van der Waals surface area contributed by atoms with Gasteiger partial charge in [-0.1, -0.05) is 49.6 Å². The van der Waals surface area contributed by atoms with E-state index in [1.807, 2.05) is 12.1 Å². The summed E-state index contributed by atoms with van der Waals surface area (Å²) in [4.78, 5) is 20.1. The van der Waals surface area contributed by atoms with Crippen molar-refractivity contribution in [2.75, 3.05) is 18.0 Å². The van der Waals surface area contributed by atoms with Crippen LogP contribution in [0.4, 0.5) is 11.4 Å². The lowest BCUT2D eigenvalue weighted by molar-refractivity contribution is -0.127. The number of rotatable bonds is 6. The van der Waals surface area contributed by atoms with E-state index in [9.17, 15) is 4.79 Å². The average molecular weight is 464 g/mol. The second-order valence-electron chi connectivity index (χ2n) is 10.1. The minimum absolute atomic E-state index is 0.155. The van der Waals surface area contributed by atoms with Crippen LogP contribution < -0.4 is 10.2 Å². The molecule has 2 fully saturated rings. The number of fused-ring (bicyclic) bond motifs is 1. The summed E-state index contributed by atoms with van der Waals surface area (Å²) in [5, 5.41) is 3.94. The highest BCUT2D eigenvalue weighted by Gasteiger charge is 2.27. The fraction of sp³-hybridized carbons (Fsp3) is 0.500. The Morgan fingerprint density at radius 2 is 1.91 bits per heavy atom. The molecule has 0 bridgehead atoms. The van der Waals surface area contributed by atoms with Crippen LogP contribution in [0.25, 0.3) is 0 Å². The fourth-order valence-corrected chi connectivity index (χ4v) is 5.81. The Bertz CT molecular complexity index is 1060. The molecule has 2 atom stereocenters. The average Bonchev–Trinajstić information content (AvgIpc) is 3.49. The molecule has 5 heteroatoms. The first-order valence-electron chi connectivity index (χ1n) is 12.6. The number of amides is 1. The lowest BCUT2D eigenvalue weighted by Crippen LogP contribution is -2.35. The monoisotopic (exact) mass is 463 g/mol. The number of nitrogens with zero attached hydrogens (tertiary/aromatic N) is 2. The summed E-state index contributed by atoms with van der Waals surface area (Å²) in [5.41, 5.74) is 7.03. The van der Waals surface area contributed by atoms with E-state index in [-0.39, 0.29) is 11.8 Å². The van der Waals surface area contributed by atoms with Crippen LogP contribution in [0, 0.1) is 11.8 Å². The molecule has 1 saturated carbocycles. The molecule has 1 N–H and O–H groups in total. The van der Waals surface area contributed by atoms with Crippen molar-refractivity contribution in [3.8, 4) is 0 Å². The van der Waals surface area contributed by atoms with Crippen molar-refractivity contribution < 1.29 is 4.79 Å². The van der Waals surface area contributed by atoms with E-state index in [0.29, 0.717) is 12.5 Å². The molecule has 1 aliphatic carbocycles. The number of carbonyl (C=O) groups excluding carboxylic acids is 1. The molecule has 5 rings (SSSR count). The zero-order chi connectivity index (χ0) is 22.8. The third-order valence-electron chi connectivity index (χ3n) is 7.63. The van der Waals surface area contributed by atoms with Gasteiger partial charge in [0, 0.05) is 54.8 Å². The Balaban J connectivity index is 1.23. The molecule has 1 amide bonds. The van der Waals surface area contributed by atoms with Crippen molar-refractivity contribution in [2.24, 2.45) is 16.8 Å². The molecule has 2 aromatic rings. The Kier molecular flexibility index (Phi) is 6.73. The van der Waals surface area contributed by atoms with Crippen LogP contribution in [0.1, 0.15) is 62.1 Å². The summed E-state index contributed by atoms with van der Waals surface area (Å²) in [5.74, 6) is 0.831. The van der Waals surface area contributed by atoms with E-state index in [2.05, 4.69) is 41.4 Å². The van der Waals surface area contributed by atoms with Crippen molar-refractivity contribution in [2.45, 2.75) is 64.8 Å². The van der Waals surface area contributed by atoms with Gasteiger partial charge in [-0.3, -0.25) is 9.79 Å². The molecule has 0 spiro atoms. The topological polar surface area (TPSA) is 44.7 Å². The summed E-state index contributed by atoms with van der Waals surface area (Å²) in [6.45, 7) is 5.05. The number of hydrogen-bond donors (Lipinski definition) is 1. The molecule has 4 nitrogen and oxygen atoms in total. The van der Waals surface area contributed by atoms with E-state index in [0.717, 1.165) is 72.7 Å². The van der Waals surface area contributed by atoms with Crippen LogP contribution >= 0.6 is 11.6 Å². The van der Waals surface area contributed by atoms with Gasteiger partial charge in [0.25, 0.3) is 0 Å². The summed E-state index contributed by atoms with van der Waals surface area (Å²) < 4.78 is 0. The summed E-state index contributed by atoms with van der Waals surface area (Å²) in [6, 6.07) is 12.8. The number of anilines is 1. The first kappa shape index (κ1) is 22.5. The van der Waals surface area contributed by atoms with E-state index in [4.69, 9.17) is 16.6 Å². The molecular formula is C28H34ClN3O. The minimum atomic E-state index is 0.155. The predicted octanol–water partition coefficient (Wildman–Crippen LogP) is 6.25. The largest absolute Gasteiger partial charge is 0.371 e. The molecule has 0 radical (unpaired) electrons. The number of hydrogen-bond acceptors (Lipinski definition) is 3. The van der Waals surface area contributed by atoms with Crippen LogP contribution in [0.2, 0.25) is 5.02 Å². The Labute approximate surface area is 202 Å². The second-order valence-corrected chi connectivity index (χ2v) is 10.5. The van der Waals surface area contributed by atoms with Crippen molar-refractivity contribution in [3.05, 3.63) is 58.1 Å². The first-order chi connectivity index (χ1) is 16.1. The Hall–Kier alpha value is -2.33. The maximum absolute atomic E-state index is 12.7. The normalized spacial score (nSPS) is 22.2. The summed E-state index contributed by atoms with van der Waals surface area (Å²) in [7, 11) is 0. The van der Waals surface area contributed by atoms with Crippen LogP contribution in [0.3, 0.4) is 0 Å². The van der Waals surface area contributed by atoms with Crippen molar-refractivity contribution in [1.82, 2.24) is 5.32 Å². The smallest absolute Gasteiger partial charge is 0.223 e. The lowest BCUT2D eigenvalue weighted by Gasteiger charge is -2.27. The van der Waals surface area contributed by atoms with E-state index in [1.54, 1.807) is 0 Å². The Morgan fingerprint density at radius 3 is 2.73 bits per heavy atom. The van der Waals surface area contributed by atoms with Gasteiger partial charge in [-0.25, -0.2) is 0 Å². The van der Waals surface area contributed by atoms with E-state index >= 15 is 0 Å². The molecule has 2 aliphatic heterocycles. The van der Waals surface area contributed by atoms with Gasteiger partial charge < -0.3 is 10.2 Å². The van der Waals surface area contributed by atoms with Gasteiger partial charge in [0.1, 0.15) is 0 Å². The molecule has 174 valence electrons. The molecule has 2 aromatic carbocycles. The molecule has 0 aromatic heterocycles. The van der Waals surface area contributed by atoms with E-state index in [1.165, 1.54) is 30.5 Å². The summed E-state index contributed by atoms with van der Waals surface area (Å²) in [6.07, 6.45) is 8.77. The van der Waals surface area contributed by atoms with Gasteiger partial charge in [-0.05, 0) is 66.5 Å². The lowest BCUT2D eigenvalue weighted by atomic mass is 9.80. The number of nitrogens with one attached hydrogen (secondary N) is 1. The summed E-state index contributed by atoms with van der Waals surface area (Å²) >= 11 is 6.55. The molecule has 3 aliphatic rings. The van der Waals surface area contributed by atoms with Crippen LogP contribution in [0.5, 0.6) is 0 Å². The molecule has 2 heterocycles. The van der Waals surface area contributed by atoms with Gasteiger partial charge in [-0.15, -0.1) is 0 Å². The number of carbonyl (C=O) groups is 1. The van der Waals surface area contributed by atoms with Crippen LogP contribution in [0.15, 0.2) is 41.4 Å². The van der Waals surface area contributed by atoms with E-state index < -0.39 is 0 Å². The minimum Gasteiger partial charge on any atom is -0.371 e. The second kappa shape index (κ2) is 9.89. The van der Waals surface area contributed by atoms with Gasteiger partial charge in [-0.2, -0.15) is 0 Å². The zero-order valence-electron chi connectivity index (χ0n) is 19.6. The highest BCUT2D eigenvalue weighted by Crippen LogP contribution is 2.34. The Morgan fingerprint density at radius 1 is 1.09 bits per heavy atom. The van der Waals surface area contributed by atoms with Crippen LogP contribution in [-0.4, -0.2) is 24.7 Å². The van der Waals surface area contributed by atoms with Crippen LogP contribution in [-0.2, 0) is 24.2 Å². The van der Waals surface area contributed by atoms with Gasteiger partial charge in [0.05, 0.1) is 5.69 Å². The molecular weight excluding hydrogens is 430 g/mol. The van der Waals surface area contributed by atoms with Gasteiger partial charge in [0.15, 0.2) is 0 Å². The number of benzene rings is 2. The van der Waals surface area contributed by atoms with Gasteiger partial charge >= 0.3 is 0 Å². The quantitative estimate of drug-likeness (QED) is 0.549. The molecule has 33 heavy (non-hydrogen) atoms. The van der Waals surface area contributed by atoms with Gasteiger partial charge in [0.2, 0.25) is 5.91 Å². The number of halogens is 1. The fourth-order valence-electron chi connectivity index (χ4n) is 5.63. The van der Waals surface area contributed by atoms with Crippen molar-refractivity contribution in [1.29, 1.82) is 0 Å². The predicted molar refractivity (Wildman–Crippen MR) is 137 cm³/mol. The van der Waals surface area contributed by atoms with Crippen molar-refractivity contribution >= 4 is 34.6 Å². The molecule has 1 saturated heterocycles. The highest BCUT2D eigenvalue weighted by atomic mass is 35.5. The maximum atomic E-state index is 12.7. The zero-order valence-corrected chi connectivity index (χ0v) is 20.3. The highest BCUT2D eigenvalue weighted by molar-refractivity contribution is 6.31. The standard InChI is InChI=1S/C28H34ClN3O/c1-19-6-2-3-7-25(19)28(33)30-18-20-8-11-26(29)22(14-20)16-23-15-21-9-10-24(17-27(21)31-23)32-12-4-5-13-32/h8-11,14,17,19,25H,2-7,12-13,15-16,18H2,1H3,(H,30,33). The molecule has 2 unspecified atom stereocenters. The maximum Gasteiger partial charge on any atom is 0.223 e. The SMILES string of the molecule is CC1CCCCC1C(=O)NCc1ccc(Cl)c(CC2=Nc3cc(N4CCCC4)ccc3C2)c1. The third-order valence-corrected chi connectivity index (χ3v) is 8.00. The van der Waals surface area contributed by atoms with Crippen molar-refractivity contribution in [3.63, 3.8) is 0 Å². The first-order valence-corrected chi connectivity index (χ1v) is 12.9. The number of aliphatic imine (C=N–C) groups is 1.